The maximum atomic E-state index is 12.5. The van der Waals surface area contributed by atoms with Gasteiger partial charge in [-0.15, -0.1) is 0 Å². The molecule has 0 unspecified atom stereocenters. The molecule has 0 saturated carbocycles. The molecule has 0 radical (unpaired) electrons. The molecule has 110 valence electrons. The third kappa shape index (κ3) is 2.52. The largest absolute Gasteiger partial charge is 0.384 e. The second kappa shape index (κ2) is 5.61. The molecule has 0 spiro atoms. The molecule has 0 bridgehead atoms. The van der Waals surface area contributed by atoms with Crippen LogP contribution in [0.25, 0.3) is 0 Å². The molecule has 21 heavy (non-hydrogen) atoms. The maximum absolute atomic E-state index is 12.5. The van der Waals surface area contributed by atoms with Crippen LogP contribution in [0.2, 0.25) is 0 Å². The molecular weight excluding hydrogens is 270 g/mol. The fraction of sp³-hybridized carbons (Fsp3) is 0.429. The summed E-state index contributed by atoms with van der Waals surface area (Å²) < 4.78 is 7.15. The maximum Gasteiger partial charge on any atom is 0.274 e. The first-order chi connectivity index (χ1) is 10.2. The highest BCUT2D eigenvalue weighted by Crippen LogP contribution is 2.28. The van der Waals surface area contributed by atoms with E-state index >= 15 is 0 Å². The van der Waals surface area contributed by atoms with Crippen LogP contribution in [-0.4, -0.2) is 50.8 Å². The molecule has 0 aliphatic carbocycles. The van der Waals surface area contributed by atoms with Crippen LogP contribution in [0.5, 0.6) is 0 Å². The number of carbonyl (C=O) groups is 1. The minimum Gasteiger partial charge on any atom is -0.384 e. The van der Waals surface area contributed by atoms with E-state index in [1.54, 1.807) is 18.2 Å². The van der Waals surface area contributed by atoms with Crippen molar-refractivity contribution in [1.29, 1.82) is 0 Å². The Kier molecular flexibility index (Phi) is 3.66. The molecule has 1 atom stereocenters. The lowest BCUT2D eigenvalue weighted by atomic mass is 9.96. The highest BCUT2D eigenvalue weighted by molar-refractivity contribution is 5.92. The summed E-state index contributed by atoms with van der Waals surface area (Å²) in [5.41, 5.74) is 2.56. The third-order valence-electron chi connectivity index (χ3n) is 3.69. The summed E-state index contributed by atoms with van der Waals surface area (Å²) in [6.07, 6.45) is 6.39. The van der Waals surface area contributed by atoms with E-state index < -0.39 is 0 Å². The average Bonchev–Trinajstić information content (AvgIpc) is 2.89. The summed E-state index contributed by atoms with van der Waals surface area (Å²) >= 11 is 0. The van der Waals surface area contributed by atoms with Gasteiger partial charge in [0.1, 0.15) is 5.69 Å². The van der Waals surface area contributed by atoms with Gasteiger partial charge < -0.3 is 9.64 Å². The van der Waals surface area contributed by atoms with E-state index in [2.05, 4.69) is 15.1 Å². The smallest absolute Gasteiger partial charge is 0.274 e. The van der Waals surface area contributed by atoms with Crippen molar-refractivity contribution >= 4 is 5.91 Å². The lowest BCUT2D eigenvalue weighted by Gasteiger charge is -2.32. The van der Waals surface area contributed by atoms with Crippen molar-refractivity contribution in [1.82, 2.24) is 24.6 Å². The van der Waals surface area contributed by atoms with E-state index in [4.69, 9.17) is 4.74 Å². The highest BCUT2D eigenvalue weighted by Gasteiger charge is 2.31. The van der Waals surface area contributed by atoms with Crippen LogP contribution >= 0.6 is 0 Å². The first kappa shape index (κ1) is 13.7. The standard InChI is InChI=1S/C14H17N5O2/c1-18-13-10(5-17-18)7-19(8-11(13)9-21-2)14(20)12-6-15-3-4-16-12/h3-6,11H,7-9H2,1-2H3/t11-/m1/s1. The summed E-state index contributed by atoms with van der Waals surface area (Å²) in [4.78, 5) is 22.3. The zero-order chi connectivity index (χ0) is 14.8. The Morgan fingerprint density at radius 2 is 2.29 bits per heavy atom. The summed E-state index contributed by atoms with van der Waals surface area (Å²) in [6, 6.07) is 0. The Bertz CT molecular complexity index is 640. The number of rotatable bonds is 3. The second-order valence-electron chi connectivity index (χ2n) is 5.11. The summed E-state index contributed by atoms with van der Waals surface area (Å²) in [5.74, 6) is 0.00516. The number of carbonyl (C=O) groups excluding carboxylic acids is 1. The summed E-state index contributed by atoms with van der Waals surface area (Å²) in [6.45, 7) is 1.69. The van der Waals surface area contributed by atoms with E-state index in [-0.39, 0.29) is 11.8 Å². The van der Waals surface area contributed by atoms with Crippen molar-refractivity contribution in [3.05, 3.63) is 41.7 Å². The van der Waals surface area contributed by atoms with Gasteiger partial charge in [-0.1, -0.05) is 0 Å². The summed E-state index contributed by atoms with van der Waals surface area (Å²) in [7, 11) is 3.58. The van der Waals surface area contributed by atoms with Crippen LogP contribution in [0, 0.1) is 0 Å². The fourth-order valence-corrected chi connectivity index (χ4v) is 2.82. The first-order valence-electron chi connectivity index (χ1n) is 6.75. The molecular formula is C14H17N5O2. The highest BCUT2D eigenvalue weighted by atomic mass is 16.5. The Balaban J connectivity index is 1.88. The number of ether oxygens (including phenoxy) is 1. The van der Waals surface area contributed by atoms with Crippen LogP contribution < -0.4 is 0 Å². The quantitative estimate of drug-likeness (QED) is 0.826. The molecule has 3 rings (SSSR count). The van der Waals surface area contributed by atoms with Gasteiger partial charge in [-0.25, -0.2) is 4.98 Å². The number of fused-ring (bicyclic) bond motifs is 1. The molecule has 0 saturated heterocycles. The molecule has 7 nitrogen and oxygen atoms in total. The Morgan fingerprint density at radius 1 is 1.43 bits per heavy atom. The zero-order valence-corrected chi connectivity index (χ0v) is 12.1. The van der Waals surface area contributed by atoms with Crippen molar-refractivity contribution in [2.24, 2.45) is 7.05 Å². The van der Waals surface area contributed by atoms with Crippen molar-refractivity contribution < 1.29 is 9.53 Å². The molecule has 7 heteroatoms. The number of amides is 1. The van der Waals surface area contributed by atoms with E-state index in [1.165, 1.54) is 12.4 Å². The Morgan fingerprint density at radius 3 is 3.00 bits per heavy atom. The van der Waals surface area contributed by atoms with E-state index in [0.717, 1.165) is 11.3 Å². The minimum absolute atomic E-state index is 0.112. The van der Waals surface area contributed by atoms with E-state index in [9.17, 15) is 4.79 Å². The number of aromatic nitrogens is 4. The van der Waals surface area contributed by atoms with Gasteiger partial charge in [0, 0.05) is 51.1 Å². The molecule has 2 aromatic heterocycles. The molecule has 0 N–H and O–H groups in total. The van der Waals surface area contributed by atoms with Crippen LogP contribution in [0.15, 0.2) is 24.8 Å². The van der Waals surface area contributed by atoms with E-state index in [0.29, 0.717) is 25.4 Å². The predicted octanol–water partition coefficient (Wildman–Crippen LogP) is 0.596. The molecule has 3 heterocycles. The SMILES string of the molecule is COC[C@H]1CN(C(=O)c2cnccn2)Cc2cnn(C)c21. The van der Waals surface area contributed by atoms with Gasteiger partial charge in [-0.2, -0.15) is 5.10 Å². The topological polar surface area (TPSA) is 73.1 Å². The lowest BCUT2D eigenvalue weighted by molar-refractivity contribution is 0.0669. The minimum atomic E-state index is -0.112. The molecule has 1 aliphatic rings. The van der Waals surface area contributed by atoms with Gasteiger partial charge in [0.25, 0.3) is 5.91 Å². The van der Waals surface area contributed by atoms with Crippen LogP contribution in [-0.2, 0) is 18.3 Å². The normalized spacial score (nSPS) is 17.6. The number of hydrogen-bond acceptors (Lipinski definition) is 5. The monoisotopic (exact) mass is 287 g/mol. The van der Waals surface area contributed by atoms with Crippen LogP contribution in [0.1, 0.15) is 27.7 Å². The Hall–Kier alpha value is -2.28. The first-order valence-corrected chi connectivity index (χ1v) is 6.75. The predicted molar refractivity (Wildman–Crippen MR) is 74.6 cm³/mol. The second-order valence-corrected chi connectivity index (χ2v) is 5.11. The molecule has 1 amide bonds. The number of methoxy groups -OCH3 is 1. The molecule has 1 aliphatic heterocycles. The van der Waals surface area contributed by atoms with Crippen molar-refractivity contribution in [2.45, 2.75) is 12.5 Å². The van der Waals surface area contributed by atoms with Gasteiger partial charge in [0.15, 0.2) is 0 Å². The fourth-order valence-electron chi connectivity index (χ4n) is 2.82. The number of nitrogens with zero attached hydrogens (tertiary/aromatic N) is 5. The molecule has 2 aromatic rings. The number of aryl methyl sites for hydroxylation is 1. The third-order valence-corrected chi connectivity index (χ3v) is 3.69. The van der Waals surface area contributed by atoms with Crippen LogP contribution in [0.3, 0.4) is 0 Å². The van der Waals surface area contributed by atoms with Gasteiger partial charge in [0.2, 0.25) is 0 Å². The summed E-state index contributed by atoms with van der Waals surface area (Å²) in [5, 5.41) is 4.29. The van der Waals surface area contributed by atoms with E-state index in [1.807, 2.05) is 17.9 Å². The molecule has 0 aromatic carbocycles. The average molecular weight is 287 g/mol. The van der Waals surface area contributed by atoms with Gasteiger partial charge in [-0.05, 0) is 0 Å². The zero-order valence-electron chi connectivity index (χ0n) is 12.1. The van der Waals surface area contributed by atoms with Gasteiger partial charge in [0.05, 0.1) is 24.7 Å². The van der Waals surface area contributed by atoms with Crippen molar-refractivity contribution in [2.75, 3.05) is 20.3 Å². The van der Waals surface area contributed by atoms with Crippen molar-refractivity contribution in [3.63, 3.8) is 0 Å². The van der Waals surface area contributed by atoms with Gasteiger partial charge in [-0.3, -0.25) is 14.5 Å². The number of hydrogen-bond donors (Lipinski definition) is 0. The van der Waals surface area contributed by atoms with Gasteiger partial charge >= 0.3 is 0 Å². The lowest BCUT2D eigenvalue weighted by Crippen LogP contribution is -2.40. The van der Waals surface area contributed by atoms with Crippen molar-refractivity contribution in [3.8, 4) is 0 Å². The Labute approximate surface area is 122 Å². The molecule has 0 fully saturated rings. The van der Waals surface area contributed by atoms with Crippen LogP contribution in [0.4, 0.5) is 0 Å².